The molecule has 0 unspecified atom stereocenters. The summed E-state index contributed by atoms with van der Waals surface area (Å²) in [5, 5.41) is 4.09. The second-order valence-corrected chi connectivity index (χ2v) is 6.00. The largest absolute Gasteiger partial charge is 0.416 e. The first-order valence-electron chi connectivity index (χ1n) is 7.86. The maximum absolute atomic E-state index is 13.8. The molecule has 8 heteroatoms. The summed E-state index contributed by atoms with van der Waals surface area (Å²) in [5.41, 5.74) is -0.333. The number of halogens is 5. The van der Waals surface area contributed by atoms with Crippen molar-refractivity contribution in [3.05, 3.63) is 65.2 Å². The van der Waals surface area contributed by atoms with E-state index in [0.29, 0.717) is 0 Å². The number of rotatable bonds is 5. The maximum Gasteiger partial charge on any atom is 0.416 e. The van der Waals surface area contributed by atoms with Crippen LogP contribution in [0.15, 0.2) is 42.5 Å². The maximum atomic E-state index is 13.8. The summed E-state index contributed by atoms with van der Waals surface area (Å²) in [6.07, 6.45) is -4.45. The fourth-order valence-electron chi connectivity index (χ4n) is 2.49. The van der Waals surface area contributed by atoms with Gasteiger partial charge in [0.05, 0.1) is 5.56 Å². The third kappa shape index (κ3) is 5.01. The van der Waals surface area contributed by atoms with Gasteiger partial charge in [0.25, 0.3) is 5.91 Å². The quantitative estimate of drug-likeness (QED) is 0.773. The molecule has 3 N–H and O–H groups in total. The van der Waals surface area contributed by atoms with Crippen LogP contribution in [0.3, 0.4) is 0 Å². The Labute approximate surface area is 147 Å². The van der Waals surface area contributed by atoms with Gasteiger partial charge in [0, 0.05) is 17.3 Å². The van der Waals surface area contributed by atoms with Crippen molar-refractivity contribution in [3.8, 4) is 0 Å². The first-order valence-corrected chi connectivity index (χ1v) is 7.86. The summed E-state index contributed by atoms with van der Waals surface area (Å²) in [7, 11) is 0. The number of carbonyl (C=O) groups excluding carboxylic acids is 1. The van der Waals surface area contributed by atoms with Crippen molar-refractivity contribution >= 4 is 11.6 Å². The SMILES string of the molecule is C[C@H]([NH2+][C@@H](C)c1ccc(F)cc1F)C(=O)Nc1ccc(C(F)(F)F)cc1. The van der Waals surface area contributed by atoms with E-state index in [1.54, 1.807) is 19.2 Å². The van der Waals surface area contributed by atoms with Crippen molar-refractivity contribution in [2.75, 3.05) is 5.32 Å². The van der Waals surface area contributed by atoms with Crippen LogP contribution in [0.2, 0.25) is 0 Å². The Balaban J connectivity index is 1.98. The Morgan fingerprint density at radius 3 is 2.19 bits per heavy atom. The van der Waals surface area contributed by atoms with Crippen molar-refractivity contribution in [1.29, 1.82) is 0 Å². The van der Waals surface area contributed by atoms with E-state index in [4.69, 9.17) is 0 Å². The third-order valence-electron chi connectivity index (χ3n) is 3.92. The van der Waals surface area contributed by atoms with Crippen LogP contribution in [-0.2, 0) is 11.0 Å². The van der Waals surface area contributed by atoms with Crippen LogP contribution in [0, 0.1) is 11.6 Å². The van der Waals surface area contributed by atoms with E-state index in [0.717, 1.165) is 36.4 Å². The fourth-order valence-corrected chi connectivity index (χ4v) is 2.49. The Bertz CT molecular complexity index is 774. The Hall–Kier alpha value is -2.48. The molecule has 26 heavy (non-hydrogen) atoms. The van der Waals surface area contributed by atoms with Gasteiger partial charge >= 0.3 is 6.18 Å². The van der Waals surface area contributed by atoms with Gasteiger partial charge in [-0.05, 0) is 50.2 Å². The highest BCUT2D eigenvalue weighted by Crippen LogP contribution is 2.29. The van der Waals surface area contributed by atoms with Crippen molar-refractivity contribution < 1.29 is 32.1 Å². The van der Waals surface area contributed by atoms with Gasteiger partial charge in [-0.25, -0.2) is 8.78 Å². The highest BCUT2D eigenvalue weighted by atomic mass is 19.4. The minimum atomic E-state index is -4.45. The molecule has 2 atom stereocenters. The molecule has 1 amide bonds. The Morgan fingerprint density at radius 1 is 1.04 bits per heavy atom. The summed E-state index contributed by atoms with van der Waals surface area (Å²) in [5.74, 6) is -1.84. The molecule has 0 aliphatic rings. The second kappa shape index (κ2) is 7.82. The Morgan fingerprint density at radius 2 is 1.65 bits per heavy atom. The van der Waals surface area contributed by atoms with Crippen LogP contribution in [0.4, 0.5) is 27.6 Å². The number of nitrogens with two attached hydrogens (primary N) is 1. The average Bonchev–Trinajstić information content (AvgIpc) is 2.54. The number of amides is 1. The highest BCUT2D eigenvalue weighted by molar-refractivity contribution is 5.93. The van der Waals surface area contributed by atoms with Crippen LogP contribution in [0.1, 0.15) is 31.0 Å². The van der Waals surface area contributed by atoms with Crippen LogP contribution in [0.5, 0.6) is 0 Å². The molecule has 0 bridgehead atoms. The van der Waals surface area contributed by atoms with E-state index in [2.05, 4.69) is 5.32 Å². The first-order chi connectivity index (χ1) is 12.1. The predicted molar refractivity (Wildman–Crippen MR) is 86.2 cm³/mol. The number of carbonyl (C=O) groups is 1. The van der Waals surface area contributed by atoms with Gasteiger partial charge in [0.2, 0.25) is 0 Å². The fraction of sp³-hybridized carbons (Fsp3) is 0.278. The molecule has 0 spiro atoms. The molecule has 0 aromatic heterocycles. The summed E-state index contributed by atoms with van der Waals surface area (Å²) in [4.78, 5) is 12.2. The lowest BCUT2D eigenvalue weighted by atomic mass is 10.1. The van der Waals surface area contributed by atoms with Crippen LogP contribution in [-0.4, -0.2) is 11.9 Å². The molecular weight excluding hydrogens is 355 g/mol. The number of anilines is 1. The first kappa shape index (κ1) is 19.8. The van der Waals surface area contributed by atoms with E-state index in [-0.39, 0.29) is 11.3 Å². The lowest BCUT2D eigenvalue weighted by Gasteiger charge is -2.17. The molecule has 0 aliphatic carbocycles. The minimum Gasteiger partial charge on any atom is -0.330 e. The van der Waals surface area contributed by atoms with Gasteiger partial charge in [0.15, 0.2) is 6.04 Å². The number of alkyl halides is 3. The van der Waals surface area contributed by atoms with Crippen molar-refractivity contribution in [2.45, 2.75) is 32.1 Å². The van der Waals surface area contributed by atoms with E-state index in [9.17, 15) is 26.7 Å². The predicted octanol–water partition coefficient (Wildman–Crippen LogP) is 3.64. The molecule has 0 fully saturated rings. The zero-order chi connectivity index (χ0) is 19.5. The van der Waals surface area contributed by atoms with E-state index >= 15 is 0 Å². The number of benzene rings is 2. The molecule has 0 saturated carbocycles. The number of nitrogens with one attached hydrogen (secondary N) is 1. The monoisotopic (exact) mass is 373 g/mol. The summed E-state index contributed by atoms with van der Waals surface area (Å²) in [6.45, 7) is 3.25. The number of hydrogen-bond donors (Lipinski definition) is 2. The second-order valence-electron chi connectivity index (χ2n) is 6.00. The normalized spacial score (nSPS) is 14.0. The van der Waals surface area contributed by atoms with Gasteiger partial charge in [-0.1, -0.05) is 0 Å². The molecule has 2 rings (SSSR count). The van der Waals surface area contributed by atoms with Gasteiger partial charge in [-0.15, -0.1) is 0 Å². The zero-order valence-corrected chi connectivity index (χ0v) is 14.1. The number of quaternary nitrogens is 1. The highest BCUT2D eigenvalue weighted by Gasteiger charge is 2.30. The van der Waals surface area contributed by atoms with Gasteiger partial charge in [-0.3, -0.25) is 4.79 Å². The van der Waals surface area contributed by atoms with Gasteiger partial charge in [0.1, 0.15) is 17.7 Å². The summed E-state index contributed by atoms with van der Waals surface area (Å²) in [6, 6.07) is 6.20. The molecular formula is C18H18F5N2O+. The van der Waals surface area contributed by atoms with Crippen LogP contribution < -0.4 is 10.6 Å². The zero-order valence-electron chi connectivity index (χ0n) is 14.1. The van der Waals surface area contributed by atoms with Crippen molar-refractivity contribution in [3.63, 3.8) is 0 Å². The van der Waals surface area contributed by atoms with E-state index < -0.39 is 41.4 Å². The van der Waals surface area contributed by atoms with E-state index in [1.807, 2.05) is 0 Å². The molecule has 2 aromatic carbocycles. The smallest absolute Gasteiger partial charge is 0.330 e. The number of hydrogen-bond acceptors (Lipinski definition) is 1. The Kier molecular flexibility index (Phi) is 5.97. The average molecular weight is 373 g/mol. The van der Waals surface area contributed by atoms with Crippen molar-refractivity contribution in [1.82, 2.24) is 0 Å². The van der Waals surface area contributed by atoms with E-state index in [1.165, 1.54) is 6.07 Å². The van der Waals surface area contributed by atoms with Crippen LogP contribution >= 0.6 is 0 Å². The summed E-state index contributed by atoms with van der Waals surface area (Å²) >= 11 is 0. The van der Waals surface area contributed by atoms with Gasteiger partial charge in [-0.2, -0.15) is 13.2 Å². The molecule has 0 saturated heterocycles. The molecule has 0 aliphatic heterocycles. The van der Waals surface area contributed by atoms with Crippen molar-refractivity contribution in [2.24, 2.45) is 0 Å². The minimum absolute atomic E-state index is 0.226. The molecule has 0 radical (unpaired) electrons. The van der Waals surface area contributed by atoms with Gasteiger partial charge < -0.3 is 10.6 Å². The molecule has 3 nitrogen and oxygen atoms in total. The lowest BCUT2D eigenvalue weighted by Crippen LogP contribution is -2.91. The lowest BCUT2D eigenvalue weighted by molar-refractivity contribution is -0.710. The molecule has 140 valence electrons. The third-order valence-corrected chi connectivity index (χ3v) is 3.92. The topological polar surface area (TPSA) is 45.7 Å². The molecule has 0 heterocycles. The molecule has 2 aromatic rings. The van der Waals surface area contributed by atoms with Crippen LogP contribution in [0.25, 0.3) is 0 Å². The summed E-state index contributed by atoms with van der Waals surface area (Å²) < 4.78 is 64.3. The standard InChI is InChI=1S/C18H17F5N2O/c1-10(15-8-5-13(19)9-16(15)20)24-11(2)17(26)25-14-6-3-12(4-7-14)18(21,22)23/h3-11,24H,1-2H3,(H,25,26)/p+1/t10-,11-/m0/s1.